The molecule has 10 nitrogen and oxygen atoms in total. The largest absolute Gasteiger partial charge is 0.390 e. The van der Waals surface area contributed by atoms with Crippen molar-refractivity contribution in [2.24, 2.45) is 16.1 Å². The fourth-order valence-electron chi connectivity index (χ4n) is 5.08. The lowest BCUT2D eigenvalue weighted by Crippen LogP contribution is -2.53. The SMILES string of the molecule is C#CCCC1(CCN(C(=O)C2CC(C)(O)C2)C(C(=O)NCC)c2cc(C)c(C)c([N+](=O)[O-])c2C)N=N1. The maximum Gasteiger partial charge on any atom is 0.275 e. The van der Waals surface area contributed by atoms with Crippen molar-refractivity contribution in [1.82, 2.24) is 10.2 Å². The standard InChI is InChI=1S/C26H35N5O5/c1-7-9-10-26(28-29-26)11-12-30(24(33)19-14-25(6,34)15-19)22(23(32)27-8-2)20-13-16(3)17(4)21(18(20)5)31(35)36/h1,13,19,22,34H,8-12,14-15H2,2-6H3,(H,27,32). The predicted molar refractivity (Wildman–Crippen MR) is 134 cm³/mol. The van der Waals surface area contributed by atoms with Gasteiger partial charge in [0.2, 0.25) is 11.8 Å². The Bertz CT molecular complexity index is 1120. The van der Waals surface area contributed by atoms with Crippen LogP contribution in [0, 0.1) is 49.1 Å². The maximum atomic E-state index is 13.8. The number of aliphatic hydroxyl groups is 1. The Kier molecular flexibility index (Phi) is 7.84. The van der Waals surface area contributed by atoms with Crippen LogP contribution in [-0.4, -0.2) is 51.1 Å². The number of carbonyl (C=O) groups is 2. The third-order valence-corrected chi connectivity index (χ3v) is 7.31. The third kappa shape index (κ3) is 5.57. The predicted octanol–water partition coefficient (Wildman–Crippen LogP) is 3.65. The Morgan fingerprint density at radius 2 is 1.94 bits per heavy atom. The lowest BCUT2D eigenvalue weighted by molar-refractivity contribution is -0.386. The van der Waals surface area contributed by atoms with Gasteiger partial charge in [0.15, 0.2) is 5.66 Å². The van der Waals surface area contributed by atoms with E-state index in [4.69, 9.17) is 6.42 Å². The summed E-state index contributed by atoms with van der Waals surface area (Å²) in [7, 11) is 0. The highest BCUT2D eigenvalue weighted by Gasteiger charge is 2.48. The molecule has 1 unspecified atom stereocenters. The van der Waals surface area contributed by atoms with E-state index in [9.17, 15) is 24.8 Å². The van der Waals surface area contributed by atoms with Crippen molar-refractivity contribution >= 4 is 17.5 Å². The number of terminal acetylenes is 1. The molecule has 0 aromatic heterocycles. The Hall–Kier alpha value is -3.32. The van der Waals surface area contributed by atoms with Crippen LogP contribution in [0.2, 0.25) is 0 Å². The summed E-state index contributed by atoms with van der Waals surface area (Å²) in [6.07, 6.45) is 7.38. The first-order valence-corrected chi connectivity index (χ1v) is 12.3. The van der Waals surface area contributed by atoms with Gasteiger partial charge in [-0.1, -0.05) is 6.07 Å². The molecule has 2 N–H and O–H groups in total. The number of benzene rings is 1. The summed E-state index contributed by atoms with van der Waals surface area (Å²) >= 11 is 0. The second kappa shape index (κ2) is 10.3. The van der Waals surface area contributed by atoms with Gasteiger partial charge < -0.3 is 15.3 Å². The number of likely N-dealkylation sites (N-methyl/N-ethyl adjacent to an activating group) is 1. The van der Waals surface area contributed by atoms with Crippen molar-refractivity contribution in [2.75, 3.05) is 13.1 Å². The zero-order chi connectivity index (χ0) is 26.8. The Labute approximate surface area is 211 Å². The molecule has 194 valence electrons. The van der Waals surface area contributed by atoms with Gasteiger partial charge in [0, 0.05) is 49.4 Å². The summed E-state index contributed by atoms with van der Waals surface area (Å²) in [6.45, 7) is 8.99. The molecule has 1 aromatic carbocycles. The number of nitro benzene ring substituents is 1. The number of hydrogen-bond acceptors (Lipinski definition) is 7. The van der Waals surface area contributed by atoms with Gasteiger partial charge in [-0.3, -0.25) is 19.7 Å². The number of amides is 2. The van der Waals surface area contributed by atoms with Crippen LogP contribution in [0.15, 0.2) is 16.3 Å². The summed E-state index contributed by atoms with van der Waals surface area (Å²) < 4.78 is 0. The molecule has 1 aliphatic carbocycles. The highest BCUT2D eigenvalue weighted by Crippen LogP contribution is 2.43. The third-order valence-electron chi connectivity index (χ3n) is 7.31. The molecule has 36 heavy (non-hydrogen) atoms. The molecule has 1 heterocycles. The minimum atomic E-state index is -1.08. The van der Waals surface area contributed by atoms with Crippen molar-refractivity contribution in [3.63, 3.8) is 0 Å². The van der Waals surface area contributed by atoms with E-state index in [1.165, 1.54) is 4.90 Å². The quantitative estimate of drug-likeness (QED) is 0.273. The van der Waals surface area contributed by atoms with Crippen molar-refractivity contribution < 1.29 is 19.6 Å². The molecule has 1 aliphatic heterocycles. The van der Waals surface area contributed by atoms with Gasteiger partial charge in [0.25, 0.3) is 5.69 Å². The maximum absolute atomic E-state index is 13.8. The summed E-state index contributed by atoms with van der Waals surface area (Å²) in [4.78, 5) is 40.2. The van der Waals surface area contributed by atoms with Crippen molar-refractivity contribution in [2.45, 2.75) is 84.0 Å². The average Bonchev–Trinajstić information content (AvgIpc) is 3.56. The van der Waals surface area contributed by atoms with Crippen molar-refractivity contribution in [1.29, 1.82) is 0 Å². The molecule has 1 saturated carbocycles. The summed E-state index contributed by atoms with van der Waals surface area (Å²) in [5, 5.41) is 33.3. The molecule has 2 amide bonds. The van der Waals surface area contributed by atoms with Crippen LogP contribution in [-0.2, 0) is 9.59 Å². The number of nitrogens with zero attached hydrogens (tertiary/aromatic N) is 4. The van der Waals surface area contributed by atoms with Gasteiger partial charge in [0.05, 0.1) is 10.5 Å². The minimum Gasteiger partial charge on any atom is -0.390 e. The van der Waals surface area contributed by atoms with Gasteiger partial charge in [-0.15, -0.1) is 12.3 Å². The smallest absolute Gasteiger partial charge is 0.275 e. The highest BCUT2D eigenvalue weighted by molar-refractivity contribution is 5.90. The molecule has 1 fully saturated rings. The lowest BCUT2D eigenvalue weighted by Gasteiger charge is -2.44. The van der Waals surface area contributed by atoms with E-state index in [1.807, 2.05) is 0 Å². The Balaban J connectivity index is 2.07. The van der Waals surface area contributed by atoms with Crippen molar-refractivity contribution in [3.8, 4) is 12.3 Å². The fraction of sp³-hybridized carbons (Fsp3) is 0.615. The topological polar surface area (TPSA) is 138 Å². The van der Waals surface area contributed by atoms with Gasteiger partial charge in [-0.05, 0) is 58.6 Å². The number of nitro groups is 1. The van der Waals surface area contributed by atoms with Crippen LogP contribution < -0.4 is 5.32 Å². The number of rotatable bonds is 11. The molecule has 0 spiro atoms. The van der Waals surface area contributed by atoms with Crippen LogP contribution in [0.1, 0.15) is 74.2 Å². The molecule has 2 aliphatic rings. The summed E-state index contributed by atoms with van der Waals surface area (Å²) in [5.41, 5.74) is 0.277. The van der Waals surface area contributed by atoms with Gasteiger partial charge in [0.1, 0.15) is 6.04 Å². The number of carbonyl (C=O) groups excluding carboxylic acids is 2. The fourth-order valence-corrected chi connectivity index (χ4v) is 5.08. The molecular weight excluding hydrogens is 462 g/mol. The molecular formula is C26H35N5O5. The van der Waals surface area contributed by atoms with E-state index in [2.05, 4.69) is 21.5 Å². The molecule has 3 rings (SSSR count). The molecule has 10 heteroatoms. The lowest BCUT2D eigenvalue weighted by atomic mass is 9.71. The van der Waals surface area contributed by atoms with Gasteiger partial charge in [-0.25, -0.2) is 0 Å². The molecule has 1 aromatic rings. The van der Waals surface area contributed by atoms with E-state index >= 15 is 0 Å². The summed E-state index contributed by atoms with van der Waals surface area (Å²) in [6, 6.07) is 0.679. The number of nitrogens with one attached hydrogen (secondary N) is 1. The van der Waals surface area contributed by atoms with E-state index in [-0.39, 0.29) is 31.0 Å². The number of aryl methyl sites for hydroxylation is 1. The van der Waals surface area contributed by atoms with E-state index in [0.29, 0.717) is 48.1 Å². The van der Waals surface area contributed by atoms with Crippen LogP contribution in [0.3, 0.4) is 0 Å². The van der Waals surface area contributed by atoms with Gasteiger partial charge in [-0.2, -0.15) is 10.2 Å². The first-order valence-electron chi connectivity index (χ1n) is 12.3. The second-order valence-electron chi connectivity index (χ2n) is 10.2. The van der Waals surface area contributed by atoms with Crippen LogP contribution in [0.5, 0.6) is 0 Å². The molecule has 0 bridgehead atoms. The Morgan fingerprint density at radius 3 is 2.44 bits per heavy atom. The average molecular weight is 498 g/mol. The second-order valence-corrected chi connectivity index (χ2v) is 10.2. The highest BCUT2D eigenvalue weighted by atomic mass is 16.6. The molecule has 0 saturated heterocycles. The normalized spacial score (nSPS) is 22.2. The first-order chi connectivity index (χ1) is 16.9. The van der Waals surface area contributed by atoms with E-state index < -0.39 is 34.1 Å². The number of hydrogen-bond donors (Lipinski definition) is 2. The van der Waals surface area contributed by atoms with Gasteiger partial charge >= 0.3 is 0 Å². The first kappa shape index (κ1) is 27.3. The summed E-state index contributed by atoms with van der Waals surface area (Å²) in [5.74, 6) is 1.44. The van der Waals surface area contributed by atoms with Crippen LogP contribution in [0.25, 0.3) is 0 Å². The van der Waals surface area contributed by atoms with E-state index in [1.54, 1.807) is 40.7 Å². The van der Waals surface area contributed by atoms with Crippen LogP contribution in [0.4, 0.5) is 5.69 Å². The molecule has 0 radical (unpaired) electrons. The monoisotopic (exact) mass is 497 g/mol. The van der Waals surface area contributed by atoms with E-state index in [0.717, 1.165) is 0 Å². The van der Waals surface area contributed by atoms with Crippen molar-refractivity contribution in [3.05, 3.63) is 38.4 Å². The molecule has 1 atom stereocenters. The zero-order valence-corrected chi connectivity index (χ0v) is 21.6. The Morgan fingerprint density at radius 1 is 1.31 bits per heavy atom. The zero-order valence-electron chi connectivity index (χ0n) is 21.6. The van der Waals surface area contributed by atoms with Crippen LogP contribution >= 0.6 is 0 Å². The minimum absolute atomic E-state index is 0.0593.